The maximum Gasteiger partial charge on any atom is 0.140 e. The number of nitrogens with zero attached hydrogens (tertiary/aromatic N) is 2. The molecule has 0 spiro atoms. The first-order chi connectivity index (χ1) is 10.2. The van der Waals surface area contributed by atoms with E-state index in [4.69, 9.17) is 10.00 Å². The fourth-order valence-electron chi connectivity index (χ4n) is 2.40. The van der Waals surface area contributed by atoms with Gasteiger partial charge in [-0.25, -0.2) is 4.39 Å². The van der Waals surface area contributed by atoms with Crippen LogP contribution in [-0.4, -0.2) is 11.7 Å². The lowest BCUT2D eigenvalue weighted by Gasteiger charge is -2.07. The van der Waals surface area contributed by atoms with E-state index < -0.39 is 5.82 Å². The van der Waals surface area contributed by atoms with Crippen LogP contribution in [0.1, 0.15) is 11.1 Å². The minimum Gasteiger partial charge on any atom is -0.497 e. The molecule has 0 unspecified atom stereocenters. The third-order valence-electron chi connectivity index (χ3n) is 3.48. The summed E-state index contributed by atoms with van der Waals surface area (Å²) in [5.41, 5.74) is 2.03. The van der Waals surface area contributed by atoms with Crippen LogP contribution in [0.25, 0.3) is 10.9 Å². The lowest BCUT2D eigenvalue weighted by atomic mass is 10.1. The number of rotatable bonds is 3. The van der Waals surface area contributed by atoms with E-state index in [0.717, 1.165) is 22.2 Å². The first kappa shape index (κ1) is 13.2. The molecule has 0 aliphatic carbocycles. The Balaban J connectivity index is 1.97. The maximum atomic E-state index is 13.3. The van der Waals surface area contributed by atoms with Crippen LogP contribution in [0, 0.1) is 17.1 Å². The van der Waals surface area contributed by atoms with Gasteiger partial charge in [-0.15, -0.1) is 0 Å². The van der Waals surface area contributed by atoms with Crippen LogP contribution < -0.4 is 4.74 Å². The molecule has 21 heavy (non-hydrogen) atoms. The van der Waals surface area contributed by atoms with Gasteiger partial charge in [0.15, 0.2) is 0 Å². The molecule has 0 saturated carbocycles. The first-order valence-electron chi connectivity index (χ1n) is 6.52. The number of nitriles is 1. The summed E-state index contributed by atoms with van der Waals surface area (Å²) >= 11 is 0. The second-order valence-electron chi connectivity index (χ2n) is 4.79. The Kier molecular flexibility index (Phi) is 3.33. The number of halogens is 1. The minimum atomic E-state index is -0.483. The van der Waals surface area contributed by atoms with Crippen molar-refractivity contribution in [3.05, 3.63) is 65.6 Å². The van der Waals surface area contributed by atoms with Crippen molar-refractivity contribution < 1.29 is 9.13 Å². The third-order valence-corrected chi connectivity index (χ3v) is 3.48. The molecule has 0 aliphatic heterocycles. The highest BCUT2D eigenvalue weighted by Crippen LogP contribution is 2.23. The molecule has 0 saturated heterocycles. The van der Waals surface area contributed by atoms with E-state index in [9.17, 15) is 4.39 Å². The van der Waals surface area contributed by atoms with Gasteiger partial charge in [0.1, 0.15) is 17.6 Å². The molecule has 1 heterocycles. The van der Waals surface area contributed by atoms with Gasteiger partial charge in [0.2, 0.25) is 0 Å². The lowest BCUT2D eigenvalue weighted by Crippen LogP contribution is -1.99. The summed E-state index contributed by atoms with van der Waals surface area (Å²) in [7, 11) is 1.64. The number of aromatic nitrogens is 1. The summed E-state index contributed by atoms with van der Waals surface area (Å²) in [6.07, 6.45) is 1.97. The molecular weight excluding hydrogens is 267 g/mol. The number of methoxy groups -OCH3 is 1. The molecule has 0 amide bonds. The van der Waals surface area contributed by atoms with Crippen molar-refractivity contribution in [2.24, 2.45) is 0 Å². The average molecular weight is 280 g/mol. The zero-order valence-corrected chi connectivity index (χ0v) is 11.5. The number of fused-ring (bicyclic) bond motifs is 1. The second-order valence-corrected chi connectivity index (χ2v) is 4.79. The summed E-state index contributed by atoms with van der Waals surface area (Å²) in [5, 5.41) is 9.97. The summed E-state index contributed by atoms with van der Waals surface area (Å²) in [5.74, 6) is 0.331. The molecule has 3 rings (SSSR count). The van der Waals surface area contributed by atoms with E-state index in [2.05, 4.69) is 4.57 Å². The normalized spacial score (nSPS) is 10.5. The molecule has 0 N–H and O–H groups in total. The Morgan fingerprint density at radius 2 is 2.05 bits per heavy atom. The van der Waals surface area contributed by atoms with E-state index >= 15 is 0 Å². The Labute approximate surface area is 121 Å². The van der Waals surface area contributed by atoms with Crippen LogP contribution in [0.5, 0.6) is 5.75 Å². The fourth-order valence-corrected chi connectivity index (χ4v) is 2.40. The molecule has 0 atom stereocenters. The van der Waals surface area contributed by atoms with Crippen LogP contribution in [0.15, 0.2) is 48.7 Å². The lowest BCUT2D eigenvalue weighted by molar-refractivity contribution is 0.415. The number of hydrogen-bond acceptors (Lipinski definition) is 2. The predicted molar refractivity (Wildman–Crippen MR) is 78.7 cm³/mol. The van der Waals surface area contributed by atoms with Crippen LogP contribution in [0.4, 0.5) is 4.39 Å². The Hall–Kier alpha value is -2.80. The maximum absolute atomic E-state index is 13.3. The van der Waals surface area contributed by atoms with Crippen molar-refractivity contribution in [3.63, 3.8) is 0 Å². The SMILES string of the molecule is COc1ccc2c(ccn2Cc2ccc(F)c(C#N)c2)c1. The van der Waals surface area contributed by atoms with Crippen molar-refractivity contribution in [1.82, 2.24) is 4.57 Å². The third kappa shape index (κ3) is 2.46. The van der Waals surface area contributed by atoms with Gasteiger partial charge in [0.25, 0.3) is 0 Å². The molecule has 0 aliphatic rings. The highest BCUT2D eigenvalue weighted by Gasteiger charge is 2.06. The Morgan fingerprint density at radius 1 is 1.19 bits per heavy atom. The largest absolute Gasteiger partial charge is 0.497 e. The summed E-state index contributed by atoms with van der Waals surface area (Å²) < 4.78 is 20.6. The standard InChI is InChI=1S/C17H13FN2O/c1-21-15-3-5-17-13(9-15)6-7-20(17)11-12-2-4-16(18)14(8-12)10-19/h2-9H,11H2,1H3. The van der Waals surface area contributed by atoms with Gasteiger partial charge in [-0.05, 0) is 42.0 Å². The van der Waals surface area contributed by atoms with Crippen LogP contribution in [0.2, 0.25) is 0 Å². The monoisotopic (exact) mass is 280 g/mol. The van der Waals surface area contributed by atoms with E-state index in [-0.39, 0.29) is 5.56 Å². The molecule has 0 bridgehead atoms. The molecule has 0 radical (unpaired) electrons. The zero-order valence-electron chi connectivity index (χ0n) is 11.5. The van der Waals surface area contributed by atoms with Crippen LogP contribution in [-0.2, 0) is 6.54 Å². The molecule has 4 heteroatoms. The van der Waals surface area contributed by atoms with Gasteiger partial charge >= 0.3 is 0 Å². The van der Waals surface area contributed by atoms with Gasteiger partial charge in [0.05, 0.1) is 12.7 Å². The van der Waals surface area contributed by atoms with Crippen LogP contribution >= 0.6 is 0 Å². The van der Waals surface area contributed by atoms with Gasteiger partial charge in [0, 0.05) is 23.6 Å². The van der Waals surface area contributed by atoms with Gasteiger partial charge < -0.3 is 9.30 Å². The molecule has 104 valence electrons. The van der Waals surface area contributed by atoms with Crippen molar-refractivity contribution >= 4 is 10.9 Å². The van der Waals surface area contributed by atoms with Crippen molar-refractivity contribution in [1.29, 1.82) is 5.26 Å². The van der Waals surface area contributed by atoms with Gasteiger partial charge in [-0.2, -0.15) is 5.26 Å². The smallest absolute Gasteiger partial charge is 0.140 e. The summed E-state index contributed by atoms with van der Waals surface area (Å²) in [6, 6.07) is 14.4. The van der Waals surface area contributed by atoms with Gasteiger partial charge in [-0.1, -0.05) is 6.07 Å². The summed E-state index contributed by atoms with van der Waals surface area (Å²) in [6.45, 7) is 0.588. The van der Waals surface area contributed by atoms with E-state index in [1.807, 2.05) is 36.5 Å². The molecule has 0 fully saturated rings. The summed E-state index contributed by atoms with van der Waals surface area (Å²) in [4.78, 5) is 0. The van der Waals surface area contributed by atoms with E-state index in [0.29, 0.717) is 6.54 Å². The molecule has 3 aromatic rings. The van der Waals surface area contributed by atoms with Crippen molar-refractivity contribution in [3.8, 4) is 11.8 Å². The van der Waals surface area contributed by atoms with Crippen molar-refractivity contribution in [2.45, 2.75) is 6.54 Å². The van der Waals surface area contributed by atoms with Crippen LogP contribution in [0.3, 0.4) is 0 Å². The molecule has 3 nitrogen and oxygen atoms in total. The topological polar surface area (TPSA) is 38.0 Å². The highest BCUT2D eigenvalue weighted by molar-refractivity contribution is 5.81. The number of benzene rings is 2. The zero-order chi connectivity index (χ0) is 14.8. The fraction of sp³-hybridized carbons (Fsp3) is 0.118. The average Bonchev–Trinajstić information content (AvgIpc) is 2.91. The number of ether oxygens (including phenoxy) is 1. The van der Waals surface area contributed by atoms with Crippen molar-refractivity contribution in [2.75, 3.05) is 7.11 Å². The van der Waals surface area contributed by atoms with Gasteiger partial charge in [-0.3, -0.25) is 0 Å². The number of hydrogen-bond donors (Lipinski definition) is 0. The highest BCUT2D eigenvalue weighted by atomic mass is 19.1. The molecule has 1 aromatic heterocycles. The first-order valence-corrected chi connectivity index (χ1v) is 6.52. The van der Waals surface area contributed by atoms with E-state index in [1.165, 1.54) is 6.07 Å². The molecule has 2 aromatic carbocycles. The Bertz CT molecular complexity index is 846. The van der Waals surface area contributed by atoms with E-state index in [1.54, 1.807) is 19.2 Å². The minimum absolute atomic E-state index is 0.0747. The molecular formula is C17H13FN2O. The quantitative estimate of drug-likeness (QED) is 0.733. The second kappa shape index (κ2) is 5.29. The predicted octanol–water partition coefficient (Wildman–Crippen LogP) is 3.71. The Morgan fingerprint density at radius 3 is 2.81 bits per heavy atom.